The van der Waals surface area contributed by atoms with Crippen LogP contribution in [-0.4, -0.2) is 16.1 Å². The lowest BCUT2D eigenvalue weighted by atomic mass is 10.0. The van der Waals surface area contributed by atoms with Crippen LogP contribution in [0.1, 0.15) is 28.0 Å². The van der Waals surface area contributed by atoms with Crippen LogP contribution < -0.4 is 0 Å². The van der Waals surface area contributed by atoms with Crippen molar-refractivity contribution >= 4 is 32.8 Å². The van der Waals surface area contributed by atoms with Gasteiger partial charge in [-0.25, -0.2) is 9.18 Å². The molecule has 0 aliphatic heterocycles. The zero-order valence-corrected chi connectivity index (χ0v) is 10.9. The summed E-state index contributed by atoms with van der Waals surface area (Å²) in [5.74, 6) is -1.40. The van der Waals surface area contributed by atoms with Gasteiger partial charge in [-0.2, -0.15) is 0 Å². The molecule has 0 saturated heterocycles. The smallest absolute Gasteiger partial charge is 0.336 e. The Balaban J connectivity index is 2.46. The van der Waals surface area contributed by atoms with Gasteiger partial charge in [0.25, 0.3) is 0 Å². The summed E-state index contributed by atoms with van der Waals surface area (Å²) in [6, 6.07) is 2.78. The highest BCUT2D eigenvalue weighted by atomic mass is 79.9. The Bertz CT molecular complexity index is 684. The maximum Gasteiger partial charge on any atom is 0.336 e. The average Bonchev–Trinajstić information content (AvgIpc) is 2.74. The maximum absolute atomic E-state index is 13.5. The van der Waals surface area contributed by atoms with E-state index in [1.54, 1.807) is 0 Å². The molecule has 0 amide bonds. The second-order valence-electron chi connectivity index (χ2n) is 4.35. The second kappa shape index (κ2) is 4.02. The number of rotatable bonds is 1. The van der Waals surface area contributed by atoms with Crippen LogP contribution in [-0.2, 0) is 12.8 Å². The number of halogens is 2. The Kier molecular flexibility index (Phi) is 2.59. The second-order valence-corrected chi connectivity index (χ2v) is 5.21. The molecule has 2 aromatic rings. The number of carbonyl (C=O) groups is 1. The monoisotopic (exact) mass is 309 g/mol. The van der Waals surface area contributed by atoms with Crippen molar-refractivity contribution in [2.75, 3.05) is 0 Å². The molecule has 3 nitrogen and oxygen atoms in total. The molecule has 1 aliphatic carbocycles. The first-order valence-electron chi connectivity index (χ1n) is 5.61. The number of fused-ring (bicyclic) bond motifs is 2. The van der Waals surface area contributed by atoms with Gasteiger partial charge in [0, 0.05) is 17.1 Å². The number of carboxylic acid groups (broad SMARTS) is 1. The molecule has 0 radical (unpaired) electrons. The Labute approximate surface area is 111 Å². The van der Waals surface area contributed by atoms with Crippen molar-refractivity contribution in [1.29, 1.82) is 0 Å². The minimum Gasteiger partial charge on any atom is -0.478 e. The molecule has 1 aromatic heterocycles. The van der Waals surface area contributed by atoms with Gasteiger partial charge >= 0.3 is 5.97 Å². The van der Waals surface area contributed by atoms with E-state index in [0.717, 1.165) is 30.5 Å². The number of benzene rings is 1. The number of hydrogen-bond acceptors (Lipinski definition) is 2. The largest absolute Gasteiger partial charge is 0.478 e. The zero-order chi connectivity index (χ0) is 12.9. The molecule has 5 heteroatoms. The van der Waals surface area contributed by atoms with Crippen LogP contribution in [0.15, 0.2) is 16.6 Å². The lowest BCUT2D eigenvalue weighted by molar-refractivity contribution is 0.0698. The van der Waals surface area contributed by atoms with E-state index in [1.807, 2.05) is 0 Å². The van der Waals surface area contributed by atoms with E-state index in [2.05, 4.69) is 20.9 Å². The van der Waals surface area contributed by atoms with Crippen LogP contribution in [0.4, 0.5) is 4.39 Å². The minimum atomic E-state index is -0.973. The third-order valence-corrected chi connectivity index (χ3v) is 3.88. The van der Waals surface area contributed by atoms with Crippen LogP contribution in [0.25, 0.3) is 10.9 Å². The van der Waals surface area contributed by atoms with E-state index in [0.29, 0.717) is 10.9 Å². The normalized spacial score (nSPS) is 13.9. The summed E-state index contributed by atoms with van der Waals surface area (Å²) in [6.45, 7) is 0. The molecule has 3 rings (SSSR count). The van der Waals surface area contributed by atoms with Gasteiger partial charge in [-0.15, -0.1) is 0 Å². The third kappa shape index (κ3) is 1.61. The molecule has 0 unspecified atom stereocenters. The Morgan fingerprint density at radius 1 is 1.39 bits per heavy atom. The first-order valence-corrected chi connectivity index (χ1v) is 6.41. The summed E-state index contributed by atoms with van der Waals surface area (Å²) in [4.78, 5) is 15.8. The van der Waals surface area contributed by atoms with Crippen molar-refractivity contribution in [3.8, 4) is 0 Å². The van der Waals surface area contributed by atoms with Gasteiger partial charge in [0.05, 0.1) is 15.6 Å². The highest BCUT2D eigenvalue weighted by Gasteiger charge is 2.24. The fourth-order valence-corrected chi connectivity index (χ4v) is 2.85. The van der Waals surface area contributed by atoms with E-state index in [1.165, 1.54) is 12.1 Å². The number of pyridine rings is 1. The van der Waals surface area contributed by atoms with Crippen molar-refractivity contribution in [3.63, 3.8) is 0 Å². The molecule has 0 atom stereocenters. The predicted octanol–water partition coefficient (Wildman–Crippen LogP) is 3.32. The van der Waals surface area contributed by atoms with Crippen molar-refractivity contribution in [2.45, 2.75) is 19.3 Å². The van der Waals surface area contributed by atoms with Gasteiger partial charge in [0.2, 0.25) is 0 Å². The lowest BCUT2D eigenvalue weighted by Gasteiger charge is -2.09. The van der Waals surface area contributed by atoms with Crippen LogP contribution in [0.5, 0.6) is 0 Å². The Hall–Kier alpha value is -1.49. The molecule has 0 fully saturated rings. The molecular formula is C13H9BrFNO2. The number of carboxylic acids is 1. The number of hydrogen-bond donors (Lipinski definition) is 1. The van der Waals surface area contributed by atoms with Crippen molar-refractivity contribution in [2.24, 2.45) is 0 Å². The molecule has 0 spiro atoms. The standard InChI is InChI=1S/C13H9BrFNO2/c14-8-4-7-11(5-9(8)15)16-10-3-1-2-6(10)12(7)13(17)18/h4-5H,1-3H2,(H,17,18). The van der Waals surface area contributed by atoms with E-state index in [9.17, 15) is 14.3 Å². The van der Waals surface area contributed by atoms with Gasteiger partial charge in [-0.1, -0.05) is 0 Å². The highest BCUT2D eigenvalue weighted by Crippen LogP contribution is 2.32. The van der Waals surface area contributed by atoms with Crippen LogP contribution in [0.2, 0.25) is 0 Å². The summed E-state index contributed by atoms with van der Waals surface area (Å²) in [5.41, 5.74) is 2.28. The van der Waals surface area contributed by atoms with Gasteiger partial charge in [-0.05, 0) is 46.8 Å². The van der Waals surface area contributed by atoms with Crippen molar-refractivity contribution < 1.29 is 14.3 Å². The molecule has 0 bridgehead atoms. The summed E-state index contributed by atoms with van der Waals surface area (Å²) in [5, 5.41) is 9.87. The predicted molar refractivity (Wildman–Crippen MR) is 68.4 cm³/mol. The lowest BCUT2D eigenvalue weighted by Crippen LogP contribution is -2.06. The molecule has 1 aromatic carbocycles. The average molecular weight is 310 g/mol. The van der Waals surface area contributed by atoms with Gasteiger partial charge in [0.15, 0.2) is 0 Å². The van der Waals surface area contributed by atoms with E-state index < -0.39 is 11.8 Å². The molecule has 1 N–H and O–H groups in total. The highest BCUT2D eigenvalue weighted by molar-refractivity contribution is 9.10. The minimum absolute atomic E-state index is 0.261. The first kappa shape index (κ1) is 11.6. The molecule has 1 aliphatic rings. The van der Waals surface area contributed by atoms with E-state index in [4.69, 9.17) is 0 Å². The number of aromatic carboxylic acids is 1. The fourth-order valence-electron chi connectivity index (χ4n) is 2.50. The Morgan fingerprint density at radius 3 is 2.89 bits per heavy atom. The molecule has 92 valence electrons. The quantitative estimate of drug-likeness (QED) is 0.879. The van der Waals surface area contributed by atoms with Crippen LogP contribution >= 0.6 is 15.9 Å². The van der Waals surface area contributed by atoms with Gasteiger partial charge in [0.1, 0.15) is 5.82 Å². The molecule has 1 heterocycles. The number of aryl methyl sites for hydroxylation is 1. The van der Waals surface area contributed by atoms with Crippen molar-refractivity contribution in [3.05, 3.63) is 39.2 Å². The van der Waals surface area contributed by atoms with Crippen LogP contribution in [0.3, 0.4) is 0 Å². The van der Waals surface area contributed by atoms with Crippen LogP contribution in [0, 0.1) is 5.82 Å². The Morgan fingerprint density at radius 2 is 2.17 bits per heavy atom. The molecule has 18 heavy (non-hydrogen) atoms. The van der Waals surface area contributed by atoms with Gasteiger partial charge in [-0.3, -0.25) is 4.98 Å². The topological polar surface area (TPSA) is 50.2 Å². The SMILES string of the molecule is O=C(O)c1c2c(nc3cc(F)c(Br)cc13)CCC2. The van der Waals surface area contributed by atoms with Crippen molar-refractivity contribution in [1.82, 2.24) is 4.98 Å². The van der Waals surface area contributed by atoms with Gasteiger partial charge < -0.3 is 5.11 Å². The number of aromatic nitrogens is 1. The first-order chi connectivity index (χ1) is 8.58. The zero-order valence-electron chi connectivity index (χ0n) is 9.33. The summed E-state index contributed by atoms with van der Waals surface area (Å²) >= 11 is 3.08. The summed E-state index contributed by atoms with van der Waals surface area (Å²) < 4.78 is 13.8. The van der Waals surface area contributed by atoms with E-state index >= 15 is 0 Å². The molecule has 0 saturated carbocycles. The third-order valence-electron chi connectivity index (χ3n) is 3.27. The summed E-state index contributed by atoms with van der Waals surface area (Å²) in [6.07, 6.45) is 2.40. The fraction of sp³-hybridized carbons (Fsp3) is 0.231. The maximum atomic E-state index is 13.5. The van der Waals surface area contributed by atoms with E-state index in [-0.39, 0.29) is 10.0 Å². The summed E-state index contributed by atoms with van der Waals surface area (Å²) in [7, 11) is 0. The number of nitrogens with zero attached hydrogens (tertiary/aromatic N) is 1. The molecular weight excluding hydrogens is 301 g/mol.